The number of hydrogen-bond acceptors (Lipinski definition) is 5. The summed E-state index contributed by atoms with van der Waals surface area (Å²) in [6.45, 7) is -0.465. The Labute approximate surface area is 139 Å². The molecule has 2 aliphatic rings. The minimum atomic E-state index is -0.935. The summed E-state index contributed by atoms with van der Waals surface area (Å²) in [4.78, 5) is 50.9. The van der Waals surface area contributed by atoms with E-state index in [1.165, 1.54) is 7.11 Å². The van der Waals surface area contributed by atoms with E-state index in [1.807, 2.05) is 0 Å². The molecule has 0 radical (unpaired) electrons. The Kier molecular flexibility index (Phi) is 4.33. The van der Waals surface area contributed by atoms with Crippen LogP contribution in [-0.4, -0.2) is 53.1 Å². The monoisotopic (exact) mass is 330 g/mol. The average Bonchev–Trinajstić information content (AvgIpc) is 3.18. The van der Waals surface area contributed by atoms with Crippen LogP contribution in [0, 0.1) is 0 Å². The van der Waals surface area contributed by atoms with Gasteiger partial charge in [-0.1, -0.05) is 25.0 Å². The number of carbonyl (C=O) groups excluding carboxylic acids is 4. The lowest BCUT2D eigenvalue weighted by Gasteiger charge is -2.20. The van der Waals surface area contributed by atoms with Crippen LogP contribution in [0.15, 0.2) is 24.3 Å². The van der Waals surface area contributed by atoms with E-state index in [4.69, 9.17) is 4.74 Å². The Morgan fingerprint density at radius 3 is 2.46 bits per heavy atom. The first kappa shape index (κ1) is 16.2. The Morgan fingerprint density at radius 2 is 1.79 bits per heavy atom. The summed E-state index contributed by atoms with van der Waals surface area (Å²) in [5.74, 6) is -1.86. The number of carbonyl (C=O) groups is 4. The quantitative estimate of drug-likeness (QED) is 0.465. The first-order valence-electron chi connectivity index (χ1n) is 7.90. The van der Waals surface area contributed by atoms with E-state index in [0.29, 0.717) is 18.6 Å². The molecule has 1 heterocycles. The molecule has 1 aliphatic heterocycles. The van der Waals surface area contributed by atoms with Crippen LogP contribution in [0.5, 0.6) is 5.75 Å². The van der Waals surface area contributed by atoms with Crippen molar-refractivity contribution in [3.63, 3.8) is 0 Å². The second kappa shape index (κ2) is 6.43. The zero-order valence-corrected chi connectivity index (χ0v) is 13.4. The fourth-order valence-electron chi connectivity index (χ4n) is 3.25. The molecule has 0 unspecified atom stereocenters. The molecular weight excluding hydrogens is 312 g/mol. The number of nitrogens with zero attached hydrogens (tertiary/aromatic N) is 2. The van der Waals surface area contributed by atoms with Gasteiger partial charge in [-0.05, 0) is 25.0 Å². The van der Waals surface area contributed by atoms with Crippen molar-refractivity contribution in [2.45, 2.75) is 31.7 Å². The number of para-hydroxylation sites is 1. The molecule has 126 valence electrons. The number of urea groups is 1. The van der Waals surface area contributed by atoms with Crippen molar-refractivity contribution >= 4 is 23.6 Å². The molecule has 0 spiro atoms. The van der Waals surface area contributed by atoms with Gasteiger partial charge in [-0.15, -0.1) is 0 Å². The van der Waals surface area contributed by atoms with Crippen molar-refractivity contribution in [1.82, 2.24) is 9.80 Å². The summed E-state index contributed by atoms with van der Waals surface area (Å²) in [6, 6.07) is 5.63. The van der Waals surface area contributed by atoms with E-state index < -0.39 is 30.2 Å². The predicted octanol–water partition coefficient (Wildman–Crippen LogP) is 1.61. The van der Waals surface area contributed by atoms with Gasteiger partial charge in [0, 0.05) is 6.04 Å². The van der Waals surface area contributed by atoms with Crippen LogP contribution in [0.2, 0.25) is 0 Å². The maximum Gasteiger partial charge on any atom is 0.334 e. The van der Waals surface area contributed by atoms with Crippen molar-refractivity contribution in [2.24, 2.45) is 0 Å². The molecule has 24 heavy (non-hydrogen) atoms. The molecule has 1 saturated carbocycles. The van der Waals surface area contributed by atoms with E-state index in [1.54, 1.807) is 24.3 Å². The van der Waals surface area contributed by atoms with Crippen LogP contribution in [-0.2, 0) is 9.59 Å². The second-order valence-electron chi connectivity index (χ2n) is 5.91. The molecule has 0 aromatic heterocycles. The number of imide groups is 2. The van der Waals surface area contributed by atoms with Gasteiger partial charge in [0.25, 0.3) is 0 Å². The lowest BCUT2D eigenvalue weighted by atomic mass is 10.1. The fraction of sp³-hybridized carbons (Fsp3) is 0.412. The van der Waals surface area contributed by atoms with Gasteiger partial charge < -0.3 is 4.74 Å². The summed E-state index contributed by atoms with van der Waals surface area (Å²) in [7, 11) is 1.43. The third-order valence-electron chi connectivity index (χ3n) is 4.48. The van der Waals surface area contributed by atoms with Crippen LogP contribution in [0.4, 0.5) is 4.79 Å². The van der Waals surface area contributed by atoms with E-state index >= 15 is 0 Å². The lowest BCUT2D eigenvalue weighted by molar-refractivity contribution is -0.143. The number of amides is 4. The summed E-state index contributed by atoms with van der Waals surface area (Å²) >= 11 is 0. The maximum atomic E-state index is 12.5. The molecule has 1 aromatic carbocycles. The van der Waals surface area contributed by atoms with Crippen molar-refractivity contribution in [3.8, 4) is 5.75 Å². The van der Waals surface area contributed by atoms with Gasteiger partial charge >= 0.3 is 17.8 Å². The molecular formula is C17H18N2O5. The molecule has 1 saturated heterocycles. The second-order valence-corrected chi connectivity index (χ2v) is 5.91. The number of rotatable bonds is 5. The molecule has 0 N–H and O–H groups in total. The molecule has 0 atom stereocenters. The van der Waals surface area contributed by atoms with Crippen molar-refractivity contribution < 1.29 is 23.9 Å². The van der Waals surface area contributed by atoms with Gasteiger partial charge in [0.1, 0.15) is 5.75 Å². The normalized spacial score (nSPS) is 18.6. The van der Waals surface area contributed by atoms with Crippen molar-refractivity contribution in [1.29, 1.82) is 0 Å². The highest BCUT2D eigenvalue weighted by molar-refractivity contribution is 6.45. The number of ether oxygens (including phenoxy) is 1. The third kappa shape index (κ3) is 2.66. The Bertz CT molecular complexity index is 709. The Morgan fingerprint density at radius 1 is 1.12 bits per heavy atom. The summed E-state index contributed by atoms with van der Waals surface area (Å²) in [6.07, 6.45) is 3.27. The van der Waals surface area contributed by atoms with Gasteiger partial charge in [-0.3, -0.25) is 19.3 Å². The zero-order chi connectivity index (χ0) is 17.3. The maximum absolute atomic E-state index is 12.5. The summed E-state index contributed by atoms with van der Waals surface area (Å²) in [5, 5.41) is 0. The van der Waals surface area contributed by atoms with E-state index in [-0.39, 0.29) is 11.6 Å². The fourth-order valence-corrected chi connectivity index (χ4v) is 3.25. The first-order chi connectivity index (χ1) is 11.5. The largest absolute Gasteiger partial charge is 0.496 e. The third-order valence-corrected chi connectivity index (χ3v) is 4.48. The smallest absolute Gasteiger partial charge is 0.334 e. The van der Waals surface area contributed by atoms with Crippen LogP contribution in [0.3, 0.4) is 0 Å². The van der Waals surface area contributed by atoms with Crippen molar-refractivity contribution in [2.75, 3.05) is 13.7 Å². The van der Waals surface area contributed by atoms with Crippen molar-refractivity contribution in [3.05, 3.63) is 29.8 Å². The Hall–Kier alpha value is -2.70. The molecule has 7 nitrogen and oxygen atoms in total. The van der Waals surface area contributed by atoms with Crippen LogP contribution in [0.25, 0.3) is 0 Å². The zero-order valence-electron chi connectivity index (χ0n) is 13.4. The van der Waals surface area contributed by atoms with Crippen LogP contribution >= 0.6 is 0 Å². The lowest BCUT2D eigenvalue weighted by Crippen LogP contribution is -2.41. The molecule has 0 bridgehead atoms. The molecule has 2 fully saturated rings. The number of hydrogen-bond donors (Lipinski definition) is 0. The van der Waals surface area contributed by atoms with Gasteiger partial charge in [-0.25, -0.2) is 9.69 Å². The average molecular weight is 330 g/mol. The highest BCUT2D eigenvalue weighted by atomic mass is 16.5. The number of methoxy groups -OCH3 is 1. The van der Waals surface area contributed by atoms with E-state index in [0.717, 1.165) is 22.6 Å². The first-order valence-corrected chi connectivity index (χ1v) is 7.90. The molecule has 1 aromatic rings. The van der Waals surface area contributed by atoms with Crippen LogP contribution in [0.1, 0.15) is 36.0 Å². The number of ketones is 1. The SMILES string of the molecule is COc1ccccc1C(=O)CN1C(=O)C(=O)N(C2CCCC2)C1=O. The minimum Gasteiger partial charge on any atom is -0.496 e. The molecule has 3 rings (SSSR count). The predicted molar refractivity (Wildman–Crippen MR) is 83.5 cm³/mol. The number of benzene rings is 1. The van der Waals surface area contributed by atoms with Gasteiger partial charge in [-0.2, -0.15) is 0 Å². The van der Waals surface area contributed by atoms with Gasteiger partial charge in [0.15, 0.2) is 5.78 Å². The summed E-state index contributed by atoms with van der Waals surface area (Å²) in [5.41, 5.74) is 0.271. The molecule has 1 aliphatic carbocycles. The van der Waals surface area contributed by atoms with E-state index in [9.17, 15) is 19.2 Å². The topological polar surface area (TPSA) is 84.0 Å². The highest BCUT2D eigenvalue weighted by Crippen LogP contribution is 2.28. The van der Waals surface area contributed by atoms with Crippen LogP contribution < -0.4 is 4.74 Å². The Balaban J connectivity index is 1.79. The standard InChI is InChI=1S/C17H18N2O5/c1-24-14-9-5-4-8-12(14)13(20)10-18-15(21)16(22)19(17(18)23)11-6-2-3-7-11/h4-5,8-9,11H,2-3,6-7,10H2,1H3. The molecule has 7 heteroatoms. The van der Waals surface area contributed by atoms with Gasteiger partial charge in [0.05, 0.1) is 19.2 Å². The minimum absolute atomic E-state index is 0.236. The van der Waals surface area contributed by atoms with E-state index in [2.05, 4.69) is 0 Å². The number of Topliss-reactive ketones (excluding diaryl/α,β-unsaturated/α-hetero) is 1. The summed E-state index contributed by atoms with van der Waals surface area (Å²) < 4.78 is 5.12. The van der Waals surface area contributed by atoms with Gasteiger partial charge in [0.2, 0.25) is 0 Å². The molecule has 4 amide bonds. The highest BCUT2D eigenvalue weighted by Gasteiger charge is 2.48.